The van der Waals surface area contributed by atoms with Crippen LogP contribution in [0, 0.1) is 6.92 Å². The molecule has 0 radical (unpaired) electrons. The number of amides is 1. The van der Waals surface area contributed by atoms with Gasteiger partial charge in [0.25, 0.3) is 11.7 Å². The lowest BCUT2D eigenvalue weighted by Gasteiger charge is -2.07. The van der Waals surface area contributed by atoms with E-state index in [2.05, 4.69) is 20.5 Å². The molecule has 2 rings (SSSR count). The van der Waals surface area contributed by atoms with E-state index in [1.54, 1.807) is 10.6 Å². The van der Waals surface area contributed by atoms with Crippen LogP contribution in [0.1, 0.15) is 19.5 Å². The summed E-state index contributed by atoms with van der Waals surface area (Å²) in [5.41, 5.74) is 0.843. The summed E-state index contributed by atoms with van der Waals surface area (Å²) in [7, 11) is 0. The molecule has 0 saturated carbocycles. The van der Waals surface area contributed by atoms with E-state index in [-0.39, 0.29) is 18.6 Å². The van der Waals surface area contributed by atoms with Gasteiger partial charge in [-0.15, -0.1) is 10.2 Å². The van der Waals surface area contributed by atoms with Crippen molar-refractivity contribution in [2.24, 2.45) is 0 Å². The molecule has 0 fully saturated rings. The molecule has 0 aromatic carbocycles. The molecule has 2 aromatic rings. The van der Waals surface area contributed by atoms with Crippen molar-refractivity contribution in [1.29, 1.82) is 0 Å². The van der Waals surface area contributed by atoms with Crippen molar-refractivity contribution in [3.05, 3.63) is 18.0 Å². The Morgan fingerprint density at radius 3 is 3.00 bits per heavy atom. The fourth-order valence-electron chi connectivity index (χ4n) is 1.36. The number of aromatic nitrogens is 4. The van der Waals surface area contributed by atoms with Crippen molar-refractivity contribution in [3.63, 3.8) is 0 Å². The van der Waals surface area contributed by atoms with Gasteiger partial charge in [0.05, 0.1) is 6.10 Å². The van der Waals surface area contributed by atoms with E-state index in [4.69, 9.17) is 4.74 Å². The number of hydrogen-bond acceptors (Lipinski definition) is 5. The molecule has 96 valence electrons. The van der Waals surface area contributed by atoms with Crippen molar-refractivity contribution in [3.8, 4) is 0 Å². The van der Waals surface area contributed by atoms with E-state index in [0.29, 0.717) is 11.7 Å². The number of anilines is 1. The van der Waals surface area contributed by atoms with Crippen molar-refractivity contribution < 1.29 is 9.53 Å². The summed E-state index contributed by atoms with van der Waals surface area (Å²) in [4.78, 5) is 15.8. The molecule has 0 aliphatic heterocycles. The van der Waals surface area contributed by atoms with Gasteiger partial charge in [-0.1, -0.05) is 0 Å². The Bertz CT molecular complexity index is 564. The number of hydrogen-bond donors (Lipinski definition) is 1. The molecule has 0 spiro atoms. The molecule has 2 heterocycles. The monoisotopic (exact) mass is 249 g/mol. The van der Waals surface area contributed by atoms with Crippen molar-refractivity contribution in [2.45, 2.75) is 26.9 Å². The summed E-state index contributed by atoms with van der Waals surface area (Å²) >= 11 is 0. The largest absolute Gasteiger partial charge is 0.369 e. The molecule has 0 atom stereocenters. The summed E-state index contributed by atoms with van der Waals surface area (Å²) in [5, 5.41) is 10.4. The Labute approximate surface area is 104 Å². The van der Waals surface area contributed by atoms with Gasteiger partial charge in [-0.2, -0.15) is 0 Å². The highest BCUT2D eigenvalue weighted by Crippen LogP contribution is 2.06. The topological polar surface area (TPSA) is 81.4 Å². The van der Waals surface area contributed by atoms with E-state index >= 15 is 0 Å². The number of carbonyl (C=O) groups is 1. The van der Waals surface area contributed by atoms with Crippen LogP contribution in [0.2, 0.25) is 0 Å². The molecule has 0 saturated heterocycles. The number of ether oxygens (including phenoxy) is 1. The lowest BCUT2D eigenvalue weighted by Crippen LogP contribution is -2.21. The maximum absolute atomic E-state index is 11.6. The third kappa shape index (κ3) is 2.80. The predicted octanol–water partition coefficient (Wildman–Crippen LogP) is 0.796. The van der Waals surface area contributed by atoms with Gasteiger partial charge >= 0.3 is 0 Å². The minimum atomic E-state index is -0.265. The van der Waals surface area contributed by atoms with Crippen LogP contribution >= 0.6 is 0 Å². The Kier molecular flexibility index (Phi) is 3.52. The molecule has 1 amide bonds. The Balaban J connectivity index is 2.10. The van der Waals surface area contributed by atoms with Gasteiger partial charge in [-0.25, -0.2) is 4.98 Å². The van der Waals surface area contributed by atoms with Crippen LogP contribution in [-0.4, -0.2) is 38.2 Å². The number of nitrogens with zero attached hydrogens (tertiary/aromatic N) is 4. The van der Waals surface area contributed by atoms with Gasteiger partial charge < -0.3 is 4.74 Å². The lowest BCUT2D eigenvalue weighted by molar-refractivity contribution is -0.122. The minimum Gasteiger partial charge on any atom is -0.369 e. The van der Waals surface area contributed by atoms with E-state index in [0.717, 1.165) is 5.69 Å². The first kappa shape index (κ1) is 12.4. The molecule has 1 N–H and O–H groups in total. The Hall–Kier alpha value is -2.02. The van der Waals surface area contributed by atoms with Crippen LogP contribution in [0.4, 0.5) is 5.95 Å². The summed E-state index contributed by atoms with van der Waals surface area (Å²) in [6, 6.07) is 1.82. The summed E-state index contributed by atoms with van der Waals surface area (Å²) in [6.07, 6.45) is 1.77. The van der Waals surface area contributed by atoms with Crippen LogP contribution in [0.25, 0.3) is 5.78 Å². The smallest absolute Gasteiger partial charge is 0.256 e. The molecule has 0 aliphatic rings. The summed E-state index contributed by atoms with van der Waals surface area (Å²) in [6.45, 7) is 5.59. The van der Waals surface area contributed by atoms with E-state index < -0.39 is 0 Å². The predicted molar refractivity (Wildman–Crippen MR) is 65.2 cm³/mol. The number of nitrogens with one attached hydrogen (secondary N) is 1. The maximum atomic E-state index is 11.6. The van der Waals surface area contributed by atoms with Gasteiger partial charge in [0.2, 0.25) is 5.95 Å². The highest BCUT2D eigenvalue weighted by atomic mass is 16.5. The van der Waals surface area contributed by atoms with E-state index in [9.17, 15) is 4.79 Å². The van der Waals surface area contributed by atoms with Gasteiger partial charge in [0.1, 0.15) is 6.61 Å². The Morgan fingerprint density at radius 2 is 2.28 bits per heavy atom. The zero-order valence-electron chi connectivity index (χ0n) is 10.5. The van der Waals surface area contributed by atoms with Gasteiger partial charge in [0.15, 0.2) is 0 Å². The van der Waals surface area contributed by atoms with Crippen LogP contribution in [0.15, 0.2) is 12.3 Å². The van der Waals surface area contributed by atoms with Crippen LogP contribution in [0.5, 0.6) is 0 Å². The van der Waals surface area contributed by atoms with Gasteiger partial charge in [0, 0.05) is 11.9 Å². The average molecular weight is 249 g/mol. The van der Waals surface area contributed by atoms with Crippen molar-refractivity contribution >= 4 is 17.6 Å². The first-order valence-corrected chi connectivity index (χ1v) is 5.66. The highest BCUT2D eigenvalue weighted by Gasteiger charge is 2.10. The molecular formula is C11H15N5O2. The molecule has 7 heteroatoms. The Morgan fingerprint density at radius 1 is 1.50 bits per heavy atom. The van der Waals surface area contributed by atoms with Crippen LogP contribution in [0.3, 0.4) is 0 Å². The van der Waals surface area contributed by atoms with Crippen LogP contribution < -0.4 is 5.32 Å². The van der Waals surface area contributed by atoms with Gasteiger partial charge in [-0.05, 0) is 26.8 Å². The van der Waals surface area contributed by atoms with E-state index in [1.807, 2.05) is 26.8 Å². The van der Waals surface area contributed by atoms with E-state index in [1.165, 1.54) is 0 Å². The molecule has 18 heavy (non-hydrogen) atoms. The second-order valence-electron chi connectivity index (χ2n) is 4.17. The number of aryl methyl sites for hydroxylation is 1. The SMILES string of the molecule is Cc1ccn2c(NC(=O)COC(C)C)nnc2n1. The number of rotatable bonds is 4. The number of carbonyl (C=O) groups excluding carboxylic acids is 1. The van der Waals surface area contributed by atoms with Gasteiger partial charge in [-0.3, -0.25) is 14.5 Å². The fraction of sp³-hybridized carbons (Fsp3) is 0.455. The maximum Gasteiger partial charge on any atom is 0.256 e. The molecular weight excluding hydrogens is 234 g/mol. The molecule has 2 aromatic heterocycles. The minimum absolute atomic E-state index is 0.00807. The zero-order valence-corrected chi connectivity index (χ0v) is 10.5. The number of fused-ring (bicyclic) bond motifs is 1. The zero-order chi connectivity index (χ0) is 13.1. The van der Waals surface area contributed by atoms with Crippen molar-refractivity contribution in [2.75, 3.05) is 11.9 Å². The highest BCUT2D eigenvalue weighted by molar-refractivity contribution is 5.90. The fourth-order valence-corrected chi connectivity index (χ4v) is 1.36. The average Bonchev–Trinajstić information content (AvgIpc) is 2.69. The molecule has 7 nitrogen and oxygen atoms in total. The second-order valence-corrected chi connectivity index (χ2v) is 4.17. The first-order chi connectivity index (χ1) is 8.56. The van der Waals surface area contributed by atoms with Crippen LogP contribution in [-0.2, 0) is 9.53 Å². The third-order valence-electron chi connectivity index (χ3n) is 2.22. The molecule has 0 unspecified atom stereocenters. The molecule has 0 aliphatic carbocycles. The third-order valence-corrected chi connectivity index (χ3v) is 2.22. The summed E-state index contributed by atoms with van der Waals surface area (Å²) in [5.74, 6) is 0.531. The van der Waals surface area contributed by atoms with Crippen molar-refractivity contribution in [1.82, 2.24) is 19.6 Å². The quantitative estimate of drug-likeness (QED) is 0.866. The standard InChI is InChI=1S/C11H15N5O2/c1-7(2)18-6-9(17)13-11-15-14-10-12-8(3)4-5-16(10)11/h4-5,7H,6H2,1-3H3,(H,13,15,17). The second kappa shape index (κ2) is 5.09. The molecule has 0 bridgehead atoms. The normalized spacial score (nSPS) is 11.1. The first-order valence-electron chi connectivity index (χ1n) is 5.66. The lowest BCUT2D eigenvalue weighted by atomic mass is 10.5. The summed E-state index contributed by atoms with van der Waals surface area (Å²) < 4.78 is 6.81.